The fraction of sp³-hybridized carbons (Fsp3) is 0.300. The Hall–Kier alpha value is -1.99. The summed E-state index contributed by atoms with van der Waals surface area (Å²) in [5, 5.41) is 10.7. The quantitative estimate of drug-likeness (QED) is 0.343. The van der Waals surface area contributed by atoms with Crippen LogP contribution in [0.1, 0.15) is 5.56 Å². The lowest BCUT2D eigenvalue weighted by atomic mass is 10.1. The number of nitrogens with zero attached hydrogens (tertiary/aromatic N) is 1. The normalized spacial score (nSPS) is 9.94. The van der Waals surface area contributed by atoms with E-state index >= 15 is 0 Å². The molecular weight excluding hydrogens is 228 g/mol. The summed E-state index contributed by atoms with van der Waals surface area (Å²) in [7, 11) is 1.41. The highest BCUT2D eigenvalue weighted by Crippen LogP contribution is 2.17. The van der Waals surface area contributed by atoms with Gasteiger partial charge in [0.05, 0.1) is 11.3 Å². The summed E-state index contributed by atoms with van der Waals surface area (Å²) in [5.74, 6) is -0.476. The van der Waals surface area contributed by atoms with Crippen LogP contribution in [0.25, 0.3) is 0 Å². The Morgan fingerprint density at radius 2 is 2.18 bits per heavy atom. The lowest BCUT2D eigenvalue weighted by molar-refractivity contribution is -0.385. The van der Waals surface area contributed by atoms with E-state index < -0.39 is 10.8 Å². The number of hydrogen-bond acceptors (Lipinski definition) is 5. The SMILES string of the molecule is COCONC(=O)Cc1ccccc1[N+](=O)[O-]. The maximum absolute atomic E-state index is 11.3. The van der Waals surface area contributed by atoms with Gasteiger partial charge in [-0.05, 0) is 0 Å². The molecule has 0 aliphatic carbocycles. The van der Waals surface area contributed by atoms with Crippen molar-refractivity contribution in [2.24, 2.45) is 0 Å². The van der Waals surface area contributed by atoms with Crippen LogP contribution in [0.15, 0.2) is 24.3 Å². The topological polar surface area (TPSA) is 90.7 Å². The molecule has 7 heteroatoms. The minimum absolute atomic E-state index is 0.0807. The Labute approximate surface area is 97.4 Å². The molecule has 0 bridgehead atoms. The Morgan fingerprint density at radius 1 is 1.47 bits per heavy atom. The van der Waals surface area contributed by atoms with Crippen molar-refractivity contribution >= 4 is 11.6 Å². The second-order valence-corrected chi connectivity index (χ2v) is 3.14. The summed E-state index contributed by atoms with van der Waals surface area (Å²) in [5.41, 5.74) is 2.35. The van der Waals surface area contributed by atoms with E-state index in [-0.39, 0.29) is 18.9 Å². The van der Waals surface area contributed by atoms with Gasteiger partial charge in [-0.1, -0.05) is 18.2 Å². The average molecular weight is 240 g/mol. The summed E-state index contributed by atoms with van der Waals surface area (Å²) >= 11 is 0. The molecule has 0 aliphatic rings. The summed E-state index contributed by atoms with van der Waals surface area (Å²) < 4.78 is 4.56. The van der Waals surface area contributed by atoms with E-state index in [4.69, 9.17) is 0 Å². The van der Waals surface area contributed by atoms with E-state index in [1.54, 1.807) is 12.1 Å². The number of amides is 1. The van der Waals surface area contributed by atoms with Crippen molar-refractivity contribution in [3.63, 3.8) is 0 Å². The Morgan fingerprint density at radius 3 is 2.82 bits per heavy atom. The number of methoxy groups -OCH3 is 1. The van der Waals surface area contributed by atoms with Crippen LogP contribution >= 0.6 is 0 Å². The van der Waals surface area contributed by atoms with Crippen molar-refractivity contribution in [3.05, 3.63) is 39.9 Å². The van der Waals surface area contributed by atoms with Crippen molar-refractivity contribution in [2.75, 3.05) is 13.9 Å². The van der Waals surface area contributed by atoms with Gasteiger partial charge >= 0.3 is 0 Å². The zero-order chi connectivity index (χ0) is 12.7. The largest absolute Gasteiger partial charge is 0.356 e. The van der Waals surface area contributed by atoms with E-state index in [1.807, 2.05) is 0 Å². The number of carbonyl (C=O) groups excluding carboxylic acids is 1. The van der Waals surface area contributed by atoms with Gasteiger partial charge in [-0.2, -0.15) is 0 Å². The highest BCUT2D eigenvalue weighted by molar-refractivity contribution is 5.78. The van der Waals surface area contributed by atoms with Gasteiger partial charge in [-0.3, -0.25) is 14.9 Å². The fourth-order valence-electron chi connectivity index (χ4n) is 1.22. The van der Waals surface area contributed by atoms with Crippen molar-refractivity contribution in [1.82, 2.24) is 5.48 Å². The zero-order valence-electron chi connectivity index (χ0n) is 9.21. The first-order valence-corrected chi connectivity index (χ1v) is 4.77. The number of hydroxylamine groups is 1. The van der Waals surface area contributed by atoms with Gasteiger partial charge in [-0.25, -0.2) is 10.3 Å². The maximum atomic E-state index is 11.3. The number of rotatable bonds is 6. The van der Waals surface area contributed by atoms with Crippen LogP contribution in [0.5, 0.6) is 0 Å². The van der Waals surface area contributed by atoms with Crippen LogP contribution in [0, 0.1) is 10.1 Å². The Kier molecular flexibility index (Phi) is 5.05. The van der Waals surface area contributed by atoms with Gasteiger partial charge < -0.3 is 4.74 Å². The molecule has 0 spiro atoms. The summed E-state index contributed by atoms with van der Waals surface area (Å²) in [6, 6.07) is 6.04. The predicted molar refractivity (Wildman–Crippen MR) is 57.9 cm³/mol. The highest BCUT2D eigenvalue weighted by Gasteiger charge is 2.15. The molecule has 0 heterocycles. The minimum Gasteiger partial charge on any atom is -0.356 e. The molecule has 1 aromatic carbocycles. The van der Waals surface area contributed by atoms with E-state index in [9.17, 15) is 14.9 Å². The second-order valence-electron chi connectivity index (χ2n) is 3.14. The Bertz CT molecular complexity index is 407. The number of ether oxygens (including phenoxy) is 1. The van der Waals surface area contributed by atoms with Gasteiger partial charge in [0.1, 0.15) is 0 Å². The Balaban J connectivity index is 2.61. The van der Waals surface area contributed by atoms with E-state index in [2.05, 4.69) is 15.1 Å². The number of para-hydroxylation sites is 1. The average Bonchev–Trinajstić information content (AvgIpc) is 2.29. The number of hydrogen-bond donors (Lipinski definition) is 1. The predicted octanol–water partition coefficient (Wildman–Crippen LogP) is 0.789. The standard InChI is InChI=1S/C10H12N2O5/c1-16-7-17-11-10(13)6-8-4-2-3-5-9(8)12(14)15/h2-5H,6-7H2,1H3,(H,11,13). The number of nitro benzene ring substituents is 1. The van der Waals surface area contributed by atoms with Gasteiger partial charge in [0.2, 0.25) is 5.91 Å². The molecule has 1 rings (SSSR count). The van der Waals surface area contributed by atoms with Crippen LogP contribution < -0.4 is 5.48 Å². The second kappa shape index (κ2) is 6.56. The first kappa shape index (κ1) is 13.1. The number of nitro groups is 1. The molecular formula is C10H12N2O5. The summed E-state index contributed by atoms with van der Waals surface area (Å²) in [6.07, 6.45) is -0.124. The molecule has 0 saturated heterocycles. The molecule has 0 aliphatic heterocycles. The maximum Gasteiger partial charge on any atom is 0.273 e. The van der Waals surface area contributed by atoms with Gasteiger partial charge in [-0.15, -0.1) is 0 Å². The van der Waals surface area contributed by atoms with E-state index in [0.717, 1.165) is 0 Å². The van der Waals surface area contributed by atoms with Crippen LogP contribution in [-0.2, 0) is 20.8 Å². The molecule has 0 saturated carbocycles. The monoisotopic (exact) mass is 240 g/mol. The molecule has 1 N–H and O–H groups in total. The third-order valence-electron chi connectivity index (χ3n) is 1.90. The third-order valence-corrected chi connectivity index (χ3v) is 1.90. The van der Waals surface area contributed by atoms with Crippen LogP contribution in [0.4, 0.5) is 5.69 Å². The number of carbonyl (C=O) groups is 1. The van der Waals surface area contributed by atoms with Gasteiger partial charge in [0, 0.05) is 18.7 Å². The molecule has 1 aromatic rings. The van der Waals surface area contributed by atoms with E-state index in [1.165, 1.54) is 19.2 Å². The smallest absolute Gasteiger partial charge is 0.273 e. The molecule has 0 fully saturated rings. The molecule has 0 radical (unpaired) electrons. The molecule has 1 amide bonds. The summed E-state index contributed by atoms with van der Waals surface area (Å²) in [6.45, 7) is -0.0807. The summed E-state index contributed by atoms with van der Waals surface area (Å²) in [4.78, 5) is 26.1. The molecule has 0 unspecified atom stereocenters. The van der Waals surface area contributed by atoms with Crippen LogP contribution in [0.2, 0.25) is 0 Å². The van der Waals surface area contributed by atoms with E-state index in [0.29, 0.717) is 5.56 Å². The molecule has 17 heavy (non-hydrogen) atoms. The molecule has 92 valence electrons. The number of nitrogens with one attached hydrogen (secondary N) is 1. The van der Waals surface area contributed by atoms with Gasteiger partial charge in [0.25, 0.3) is 5.69 Å². The molecule has 0 aromatic heterocycles. The first-order valence-electron chi connectivity index (χ1n) is 4.77. The first-order chi connectivity index (χ1) is 8.15. The van der Waals surface area contributed by atoms with Crippen molar-refractivity contribution in [1.29, 1.82) is 0 Å². The van der Waals surface area contributed by atoms with Crippen LogP contribution in [0.3, 0.4) is 0 Å². The molecule has 7 nitrogen and oxygen atoms in total. The van der Waals surface area contributed by atoms with Crippen molar-refractivity contribution < 1.29 is 19.3 Å². The zero-order valence-corrected chi connectivity index (χ0v) is 9.21. The number of benzene rings is 1. The lowest BCUT2D eigenvalue weighted by Gasteiger charge is -2.05. The minimum atomic E-state index is -0.529. The highest BCUT2D eigenvalue weighted by atomic mass is 16.8. The lowest BCUT2D eigenvalue weighted by Crippen LogP contribution is -2.26. The van der Waals surface area contributed by atoms with Crippen LogP contribution in [-0.4, -0.2) is 24.7 Å². The fourth-order valence-corrected chi connectivity index (χ4v) is 1.22. The van der Waals surface area contributed by atoms with Gasteiger partial charge in [0.15, 0.2) is 6.79 Å². The molecule has 0 atom stereocenters. The van der Waals surface area contributed by atoms with Crippen molar-refractivity contribution in [3.8, 4) is 0 Å². The van der Waals surface area contributed by atoms with Crippen molar-refractivity contribution in [2.45, 2.75) is 6.42 Å². The third kappa shape index (κ3) is 4.17.